The maximum atomic E-state index is 5.19. The van der Waals surface area contributed by atoms with Crippen molar-refractivity contribution in [1.29, 1.82) is 0 Å². The van der Waals surface area contributed by atoms with Crippen LogP contribution >= 0.6 is 12.2 Å². The second-order valence-electron chi connectivity index (χ2n) is 4.52. The van der Waals surface area contributed by atoms with E-state index in [4.69, 9.17) is 12.2 Å². The molecule has 0 amide bonds. The van der Waals surface area contributed by atoms with E-state index >= 15 is 0 Å². The van der Waals surface area contributed by atoms with Crippen LogP contribution < -0.4 is 0 Å². The SMILES string of the molecule is BC(C)CCCC(CC)N(C)C(C)=S. The van der Waals surface area contributed by atoms with Crippen LogP contribution in [-0.2, 0) is 0 Å². The van der Waals surface area contributed by atoms with Gasteiger partial charge in [-0.15, -0.1) is 0 Å². The van der Waals surface area contributed by atoms with Gasteiger partial charge in [0.15, 0.2) is 0 Å². The average molecular weight is 213 g/mol. The molecule has 0 aliphatic carbocycles. The Bertz CT molecular complexity index is 171. The van der Waals surface area contributed by atoms with E-state index in [2.05, 4.69) is 33.6 Å². The molecule has 0 fully saturated rings. The molecule has 0 radical (unpaired) electrons. The molecule has 3 heteroatoms. The molecule has 0 saturated carbocycles. The first-order valence-electron chi connectivity index (χ1n) is 5.72. The van der Waals surface area contributed by atoms with Crippen molar-refractivity contribution >= 4 is 25.1 Å². The minimum atomic E-state index is 0.645. The Balaban J connectivity index is 3.84. The summed E-state index contributed by atoms with van der Waals surface area (Å²) in [6, 6.07) is 0.645. The summed E-state index contributed by atoms with van der Waals surface area (Å²) in [7, 11) is 4.40. The molecule has 14 heavy (non-hydrogen) atoms. The second-order valence-corrected chi connectivity index (χ2v) is 5.11. The first-order valence-corrected chi connectivity index (χ1v) is 6.13. The van der Waals surface area contributed by atoms with E-state index in [0.717, 1.165) is 10.8 Å². The Labute approximate surface area is 95.7 Å². The van der Waals surface area contributed by atoms with Crippen molar-refractivity contribution < 1.29 is 0 Å². The predicted molar refractivity (Wildman–Crippen MR) is 71.9 cm³/mol. The zero-order valence-electron chi connectivity index (χ0n) is 10.3. The van der Waals surface area contributed by atoms with Crippen molar-refractivity contribution in [2.24, 2.45) is 0 Å². The van der Waals surface area contributed by atoms with Gasteiger partial charge in [0.25, 0.3) is 0 Å². The van der Waals surface area contributed by atoms with Crippen LogP contribution in [0.3, 0.4) is 0 Å². The van der Waals surface area contributed by atoms with E-state index in [0.29, 0.717) is 6.04 Å². The largest absolute Gasteiger partial charge is 0.366 e. The van der Waals surface area contributed by atoms with Crippen LogP contribution in [0.2, 0.25) is 5.82 Å². The highest BCUT2D eigenvalue weighted by Crippen LogP contribution is 2.15. The lowest BCUT2D eigenvalue weighted by Gasteiger charge is -2.28. The van der Waals surface area contributed by atoms with Crippen LogP contribution in [0.5, 0.6) is 0 Å². The second kappa shape index (κ2) is 7.27. The van der Waals surface area contributed by atoms with Crippen molar-refractivity contribution in [3.05, 3.63) is 0 Å². The molecule has 0 aromatic heterocycles. The molecular weight excluding hydrogens is 189 g/mol. The smallest absolute Gasteiger partial charge is 0.105 e. The fraction of sp³-hybridized carbons (Fsp3) is 0.909. The summed E-state index contributed by atoms with van der Waals surface area (Å²) in [5.74, 6) is 0.825. The summed E-state index contributed by atoms with van der Waals surface area (Å²) in [4.78, 5) is 3.26. The Morgan fingerprint density at radius 2 is 2.00 bits per heavy atom. The quantitative estimate of drug-likeness (QED) is 0.493. The van der Waals surface area contributed by atoms with Crippen LogP contribution in [0, 0.1) is 0 Å². The minimum Gasteiger partial charge on any atom is -0.366 e. The van der Waals surface area contributed by atoms with Crippen molar-refractivity contribution in [1.82, 2.24) is 4.90 Å². The van der Waals surface area contributed by atoms with Gasteiger partial charge in [0, 0.05) is 13.1 Å². The molecule has 1 nitrogen and oxygen atoms in total. The Morgan fingerprint density at radius 1 is 1.43 bits per heavy atom. The van der Waals surface area contributed by atoms with Crippen molar-refractivity contribution in [3.63, 3.8) is 0 Å². The molecule has 82 valence electrons. The van der Waals surface area contributed by atoms with E-state index in [1.165, 1.54) is 25.7 Å². The zero-order valence-corrected chi connectivity index (χ0v) is 11.2. The molecule has 0 spiro atoms. The number of rotatable bonds is 6. The molecule has 2 atom stereocenters. The number of thiocarbonyl (C=S) groups is 1. The molecule has 0 aromatic rings. The third-order valence-electron chi connectivity index (χ3n) is 2.83. The summed E-state index contributed by atoms with van der Waals surface area (Å²) in [5, 5.41) is 0. The highest BCUT2D eigenvalue weighted by atomic mass is 32.1. The van der Waals surface area contributed by atoms with Crippen molar-refractivity contribution in [2.45, 2.75) is 58.3 Å². The Hall–Kier alpha value is -0.0451. The summed E-state index contributed by atoms with van der Waals surface area (Å²) in [5.41, 5.74) is 0. The lowest BCUT2D eigenvalue weighted by Crippen LogP contribution is -2.34. The van der Waals surface area contributed by atoms with Crippen molar-refractivity contribution in [3.8, 4) is 0 Å². The molecular formula is C11H24BNS. The Kier molecular flexibility index (Phi) is 7.25. The van der Waals surface area contributed by atoms with Gasteiger partial charge < -0.3 is 4.90 Å². The monoisotopic (exact) mass is 213 g/mol. The molecule has 0 aromatic carbocycles. The molecule has 0 saturated heterocycles. The van der Waals surface area contributed by atoms with Crippen LogP contribution in [-0.4, -0.2) is 30.8 Å². The maximum absolute atomic E-state index is 5.19. The Morgan fingerprint density at radius 3 is 2.36 bits per heavy atom. The van der Waals surface area contributed by atoms with Gasteiger partial charge in [0.1, 0.15) is 7.85 Å². The maximum Gasteiger partial charge on any atom is 0.105 e. The first kappa shape index (κ1) is 14.0. The van der Waals surface area contributed by atoms with Gasteiger partial charge in [-0.3, -0.25) is 0 Å². The molecule has 0 bridgehead atoms. The molecule has 0 aliphatic heterocycles. The first-order chi connectivity index (χ1) is 6.49. The van der Waals surface area contributed by atoms with Gasteiger partial charge in [-0.25, -0.2) is 0 Å². The van der Waals surface area contributed by atoms with E-state index in [1.54, 1.807) is 0 Å². The van der Waals surface area contributed by atoms with Gasteiger partial charge in [-0.2, -0.15) is 0 Å². The van der Waals surface area contributed by atoms with Gasteiger partial charge in [-0.1, -0.05) is 44.7 Å². The lowest BCUT2D eigenvalue weighted by atomic mass is 9.84. The van der Waals surface area contributed by atoms with Crippen LogP contribution in [0.25, 0.3) is 0 Å². The molecule has 0 rings (SSSR count). The number of nitrogens with zero attached hydrogens (tertiary/aromatic N) is 1. The zero-order chi connectivity index (χ0) is 11.1. The van der Waals surface area contributed by atoms with Crippen molar-refractivity contribution in [2.75, 3.05) is 7.05 Å². The summed E-state index contributed by atoms with van der Waals surface area (Å²) in [6.07, 6.45) is 5.13. The fourth-order valence-corrected chi connectivity index (χ4v) is 1.84. The van der Waals surface area contributed by atoms with Gasteiger partial charge >= 0.3 is 0 Å². The number of hydrogen-bond donors (Lipinski definition) is 0. The summed E-state index contributed by atoms with van der Waals surface area (Å²) in [6.45, 7) is 6.55. The van der Waals surface area contributed by atoms with Crippen LogP contribution in [0.4, 0.5) is 0 Å². The standard InChI is InChI=1S/C11H24BNS/c1-5-11(13(4)10(3)14)8-6-7-9(2)12/h9,11H,5-8,12H2,1-4H3. The average Bonchev–Trinajstić information content (AvgIpc) is 2.10. The van der Waals surface area contributed by atoms with Crippen LogP contribution in [0.15, 0.2) is 0 Å². The van der Waals surface area contributed by atoms with Gasteiger partial charge in [0.05, 0.1) is 4.99 Å². The van der Waals surface area contributed by atoms with Gasteiger partial charge in [0.2, 0.25) is 0 Å². The molecule has 0 heterocycles. The van der Waals surface area contributed by atoms with E-state index in [9.17, 15) is 0 Å². The fourth-order valence-electron chi connectivity index (χ4n) is 1.69. The highest BCUT2D eigenvalue weighted by Gasteiger charge is 2.12. The molecule has 2 unspecified atom stereocenters. The summed E-state index contributed by atoms with van der Waals surface area (Å²) >= 11 is 5.19. The highest BCUT2D eigenvalue weighted by molar-refractivity contribution is 7.80. The van der Waals surface area contributed by atoms with E-state index in [1.807, 2.05) is 6.92 Å². The minimum absolute atomic E-state index is 0.645. The normalized spacial score (nSPS) is 14.9. The van der Waals surface area contributed by atoms with E-state index in [-0.39, 0.29) is 0 Å². The topological polar surface area (TPSA) is 3.24 Å². The third-order valence-corrected chi connectivity index (χ3v) is 3.12. The third kappa shape index (κ3) is 5.64. The molecule has 0 N–H and O–H groups in total. The summed E-state index contributed by atoms with van der Waals surface area (Å²) < 4.78 is 0. The van der Waals surface area contributed by atoms with Gasteiger partial charge in [-0.05, 0) is 19.8 Å². The van der Waals surface area contributed by atoms with Crippen LogP contribution in [0.1, 0.15) is 46.5 Å². The lowest BCUT2D eigenvalue weighted by molar-refractivity contribution is 0.329. The predicted octanol–water partition coefficient (Wildman–Crippen LogP) is 2.66. The molecule has 0 aliphatic rings. The number of hydrogen-bond acceptors (Lipinski definition) is 1. The van der Waals surface area contributed by atoms with E-state index < -0.39 is 0 Å².